The Labute approximate surface area is 208 Å². The molecule has 0 aliphatic rings. The van der Waals surface area contributed by atoms with E-state index in [1.165, 1.54) is 0 Å². The molecule has 0 amide bonds. The molecule has 0 saturated heterocycles. The molecule has 0 unspecified atom stereocenters. The molecular formula is C27H21Cl2N3O2. The van der Waals surface area contributed by atoms with Crippen molar-refractivity contribution >= 4 is 29.0 Å². The molecule has 0 saturated carbocycles. The summed E-state index contributed by atoms with van der Waals surface area (Å²) in [5, 5.41) is 10.9. The second kappa shape index (κ2) is 10.0. The van der Waals surface area contributed by atoms with Crippen LogP contribution in [0.1, 0.15) is 16.8 Å². The van der Waals surface area contributed by atoms with Crippen molar-refractivity contribution in [1.82, 2.24) is 4.98 Å². The van der Waals surface area contributed by atoms with Gasteiger partial charge >= 0.3 is 0 Å². The molecule has 170 valence electrons. The van der Waals surface area contributed by atoms with Gasteiger partial charge in [0.15, 0.2) is 11.5 Å². The van der Waals surface area contributed by atoms with Gasteiger partial charge in [0.25, 0.3) is 0 Å². The van der Waals surface area contributed by atoms with Gasteiger partial charge in [0, 0.05) is 16.8 Å². The first-order valence-corrected chi connectivity index (χ1v) is 11.2. The number of hydrogen-bond donors (Lipinski definition) is 1. The van der Waals surface area contributed by atoms with Crippen LogP contribution in [0.15, 0.2) is 66.7 Å². The van der Waals surface area contributed by atoms with Crippen LogP contribution in [0, 0.1) is 18.3 Å². The second-order valence-corrected chi connectivity index (χ2v) is 8.40. The van der Waals surface area contributed by atoms with E-state index in [-0.39, 0.29) is 12.4 Å². The Balaban J connectivity index is 1.78. The molecule has 0 spiro atoms. The van der Waals surface area contributed by atoms with Crippen LogP contribution in [0.4, 0.5) is 5.82 Å². The molecule has 0 aliphatic carbocycles. The summed E-state index contributed by atoms with van der Waals surface area (Å²) >= 11 is 12.1. The van der Waals surface area contributed by atoms with Gasteiger partial charge in [-0.3, -0.25) is 0 Å². The Bertz CT molecular complexity index is 1400. The third-order valence-electron chi connectivity index (χ3n) is 5.41. The van der Waals surface area contributed by atoms with Gasteiger partial charge in [-0.2, -0.15) is 5.26 Å². The minimum Gasteiger partial charge on any atom is -0.493 e. The highest BCUT2D eigenvalue weighted by atomic mass is 35.5. The summed E-state index contributed by atoms with van der Waals surface area (Å²) in [6.07, 6.45) is 0. The lowest BCUT2D eigenvalue weighted by Crippen LogP contribution is -2.04. The lowest BCUT2D eigenvalue weighted by Gasteiger charge is -2.18. The SMILES string of the molecule is COc1cc(-c2c(C#N)c(N)nc(C)c2-c2ccccc2)ccc1OCc1ccc(Cl)c(Cl)c1. The lowest BCUT2D eigenvalue weighted by atomic mass is 9.90. The topological polar surface area (TPSA) is 81.2 Å². The fourth-order valence-electron chi connectivity index (χ4n) is 3.82. The first-order valence-electron chi connectivity index (χ1n) is 10.4. The normalized spacial score (nSPS) is 10.6. The van der Waals surface area contributed by atoms with Crippen LogP contribution in [-0.4, -0.2) is 12.1 Å². The number of nitrogen functional groups attached to an aromatic ring is 1. The zero-order chi connectivity index (χ0) is 24.2. The Hall–Kier alpha value is -3.72. The van der Waals surface area contributed by atoms with E-state index in [0.29, 0.717) is 32.7 Å². The minimum absolute atomic E-state index is 0.189. The monoisotopic (exact) mass is 489 g/mol. The number of rotatable bonds is 6. The van der Waals surface area contributed by atoms with Gasteiger partial charge in [-0.15, -0.1) is 0 Å². The summed E-state index contributed by atoms with van der Waals surface area (Å²) in [5.74, 6) is 1.26. The molecule has 4 rings (SSSR count). The first-order chi connectivity index (χ1) is 16.4. The average molecular weight is 490 g/mol. The highest BCUT2D eigenvalue weighted by Gasteiger charge is 2.21. The van der Waals surface area contributed by atoms with Crippen LogP contribution in [0.5, 0.6) is 11.5 Å². The van der Waals surface area contributed by atoms with E-state index in [2.05, 4.69) is 11.1 Å². The van der Waals surface area contributed by atoms with E-state index < -0.39 is 0 Å². The van der Waals surface area contributed by atoms with Crippen molar-refractivity contribution in [2.24, 2.45) is 0 Å². The van der Waals surface area contributed by atoms with Crippen molar-refractivity contribution in [2.75, 3.05) is 12.8 Å². The molecule has 5 nitrogen and oxygen atoms in total. The summed E-state index contributed by atoms with van der Waals surface area (Å²) in [6.45, 7) is 2.17. The molecule has 2 N–H and O–H groups in total. The van der Waals surface area contributed by atoms with Gasteiger partial charge in [0.1, 0.15) is 24.1 Å². The van der Waals surface area contributed by atoms with Crippen LogP contribution < -0.4 is 15.2 Å². The highest BCUT2D eigenvalue weighted by molar-refractivity contribution is 6.42. The molecule has 0 radical (unpaired) electrons. The summed E-state index contributed by atoms with van der Waals surface area (Å²) in [5.41, 5.74) is 11.3. The molecule has 34 heavy (non-hydrogen) atoms. The van der Waals surface area contributed by atoms with E-state index in [1.807, 2.05) is 61.5 Å². The maximum atomic E-state index is 9.91. The number of halogens is 2. The van der Waals surface area contributed by atoms with Crippen LogP contribution >= 0.6 is 23.2 Å². The number of anilines is 1. The van der Waals surface area contributed by atoms with Crippen molar-refractivity contribution in [3.63, 3.8) is 0 Å². The Morgan fingerprint density at radius 2 is 1.68 bits per heavy atom. The number of nitrogens with two attached hydrogens (primary N) is 1. The van der Waals surface area contributed by atoms with Gasteiger partial charge in [-0.1, -0.05) is 65.7 Å². The van der Waals surface area contributed by atoms with Gasteiger partial charge in [0.2, 0.25) is 0 Å². The van der Waals surface area contributed by atoms with Gasteiger partial charge in [0.05, 0.1) is 17.2 Å². The highest BCUT2D eigenvalue weighted by Crippen LogP contribution is 2.41. The molecule has 4 aromatic rings. The third-order valence-corrected chi connectivity index (χ3v) is 6.15. The maximum absolute atomic E-state index is 9.91. The van der Waals surface area contributed by atoms with Crippen molar-refractivity contribution < 1.29 is 9.47 Å². The van der Waals surface area contributed by atoms with Gasteiger partial charge < -0.3 is 15.2 Å². The fraction of sp³-hybridized carbons (Fsp3) is 0.111. The van der Waals surface area contributed by atoms with Gasteiger partial charge in [-0.05, 0) is 47.9 Å². The number of methoxy groups -OCH3 is 1. The van der Waals surface area contributed by atoms with Crippen molar-refractivity contribution in [3.8, 4) is 39.8 Å². The number of ether oxygens (including phenoxy) is 2. The minimum atomic E-state index is 0.189. The number of nitrogens with zero attached hydrogens (tertiary/aromatic N) is 2. The predicted octanol–water partition coefficient (Wildman–Crippen LogP) is 7.07. The average Bonchev–Trinajstić information content (AvgIpc) is 2.84. The number of benzene rings is 3. The molecule has 1 heterocycles. The van der Waals surface area contributed by atoms with E-state index in [1.54, 1.807) is 19.2 Å². The molecule has 7 heteroatoms. The zero-order valence-electron chi connectivity index (χ0n) is 18.6. The quantitative estimate of drug-likeness (QED) is 0.313. The summed E-state index contributed by atoms with van der Waals surface area (Å²) in [7, 11) is 1.57. The summed E-state index contributed by atoms with van der Waals surface area (Å²) < 4.78 is 11.6. The molecule has 0 fully saturated rings. The summed E-state index contributed by atoms with van der Waals surface area (Å²) in [4.78, 5) is 4.42. The van der Waals surface area contributed by atoms with E-state index in [4.69, 9.17) is 38.4 Å². The Kier molecular flexibility index (Phi) is 6.93. The second-order valence-electron chi connectivity index (χ2n) is 7.59. The molecule has 0 atom stereocenters. The Morgan fingerprint density at radius 1 is 0.912 bits per heavy atom. The van der Waals surface area contributed by atoms with Crippen LogP contribution in [0.2, 0.25) is 10.0 Å². The number of aromatic nitrogens is 1. The first kappa shape index (κ1) is 23.4. The maximum Gasteiger partial charge on any atom is 0.161 e. The smallest absolute Gasteiger partial charge is 0.161 e. The fourth-order valence-corrected chi connectivity index (χ4v) is 4.14. The standard InChI is InChI=1S/C27H21Cl2N3O2/c1-16-25(18-6-4-3-5-7-18)26(20(14-30)27(31)32-16)19-9-11-23(24(13-19)33-2)34-15-17-8-10-21(28)22(29)12-17/h3-13H,15H2,1-2H3,(H2,31,32). The largest absolute Gasteiger partial charge is 0.493 e. The van der Waals surface area contributed by atoms with E-state index in [0.717, 1.165) is 27.9 Å². The lowest BCUT2D eigenvalue weighted by molar-refractivity contribution is 0.284. The third kappa shape index (κ3) is 4.65. The number of pyridine rings is 1. The van der Waals surface area contributed by atoms with E-state index in [9.17, 15) is 5.26 Å². The van der Waals surface area contributed by atoms with Crippen LogP contribution in [0.3, 0.4) is 0 Å². The van der Waals surface area contributed by atoms with Crippen molar-refractivity contribution in [2.45, 2.75) is 13.5 Å². The number of hydrogen-bond acceptors (Lipinski definition) is 5. The van der Waals surface area contributed by atoms with Crippen molar-refractivity contribution in [1.29, 1.82) is 5.26 Å². The van der Waals surface area contributed by atoms with Crippen LogP contribution in [-0.2, 0) is 6.61 Å². The van der Waals surface area contributed by atoms with Crippen LogP contribution in [0.25, 0.3) is 22.3 Å². The molecule has 0 aliphatic heterocycles. The molecule has 0 bridgehead atoms. The number of nitriles is 1. The molecular weight excluding hydrogens is 469 g/mol. The molecule has 3 aromatic carbocycles. The predicted molar refractivity (Wildman–Crippen MR) is 136 cm³/mol. The zero-order valence-corrected chi connectivity index (χ0v) is 20.1. The Morgan fingerprint density at radius 3 is 2.35 bits per heavy atom. The number of aryl methyl sites for hydroxylation is 1. The van der Waals surface area contributed by atoms with E-state index >= 15 is 0 Å². The summed E-state index contributed by atoms with van der Waals surface area (Å²) in [6, 6.07) is 22.9. The molecule has 1 aromatic heterocycles. The van der Waals surface area contributed by atoms with Crippen molar-refractivity contribution in [3.05, 3.63) is 93.6 Å². The van der Waals surface area contributed by atoms with Gasteiger partial charge in [-0.25, -0.2) is 4.98 Å².